The Balaban J connectivity index is 0.00000261. The molecule has 0 aromatic heterocycles. The van der Waals surface area contributed by atoms with Gasteiger partial charge < -0.3 is 10.8 Å². The molecule has 136 valence electrons. The summed E-state index contributed by atoms with van der Waals surface area (Å²) in [7, 11) is 0. The summed E-state index contributed by atoms with van der Waals surface area (Å²) in [5.41, 5.74) is 8.16. The molecular weight excluding hydrogens is 364 g/mol. The molecule has 0 aliphatic rings. The molecule has 0 unspecified atom stereocenters. The van der Waals surface area contributed by atoms with Gasteiger partial charge in [-0.2, -0.15) is 15.3 Å². The van der Waals surface area contributed by atoms with E-state index in [9.17, 15) is 5.11 Å². The van der Waals surface area contributed by atoms with Crippen LogP contribution < -0.4 is 5.73 Å². The zero-order valence-electron chi connectivity index (χ0n) is 14.1. The van der Waals surface area contributed by atoms with Gasteiger partial charge in [0.2, 0.25) is 0 Å². The Morgan fingerprint density at radius 2 is 1.30 bits per heavy atom. The third-order valence-corrected chi connectivity index (χ3v) is 3.45. The maximum Gasteiger partial charge on any atom is 0.143 e. The van der Waals surface area contributed by atoms with Crippen molar-refractivity contribution in [1.29, 1.82) is 5.41 Å². The summed E-state index contributed by atoms with van der Waals surface area (Å²) in [6, 6.07) is 20.8. The molecule has 0 aliphatic heterocycles. The second-order valence-corrected chi connectivity index (χ2v) is 5.37. The highest BCUT2D eigenvalue weighted by Crippen LogP contribution is 2.32. The summed E-state index contributed by atoms with van der Waals surface area (Å²) in [6.45, 7) is 0. The Bertz CT molecular complexity index is 971. The minimum Gasteiger partial charge on any atom is -0.506 e. The van der Waals surface area contributed by atoms with Gasteiger partial charge in [-0.1, -0.05) is 18.2 Å². The van der Waals surface area contributed by atoms with Gasteiger partial charge in [0.1, 0.15) is 17.3 Å². The number of benzene rings is 3. The normalized spacial score (nSPS) is 10.8. The van der Waals surface area contributed by atoms with Crippen LogP contribution in [-0.2, 0) is 0 Å². The molecule has 0 atom stereocenters. The van der Waals surface area contributed by atoms with Crippen LogP contribution in [0.25, 0.3) is 0 Å². The number of hydrogen-bond donors (Lipinski definition) is 3. The summed E-state index contributed by atoms with van der Waals surface area (Å²) < 4.78 is 0. The van der Waals surface area contributed by atoms with Crippen molar-refractivity contribution >= 4 is 41.0 Å². The molecule has 8 heteroatoms. The van der Waals surface area contributed by atoms with Crippen LogP contribution in [0, 0.1) is 5.41 Å². The van der Waals surface area contributed by atoms with Crippen molar-refractivity contribution < 1.29 is 5.11 Å². The number of nitrogens with one attached hydrogen (secondary N) is 1. The van der Waals surface area contributed by atoms with Gasteiger partial charge in [-0.05, 0) is 54.6 Å². The van der Waals surface area contributed by atoms with Crippen molar-refractivity contribution in [2.45, 2.75) is 0 Å². The summed E-state index contributed by atoms with van der Waals surface area (Å²) in [6.07, 6.45) is 0. The van der Waals surface area contributed by atoms with Crippen molar-refractivity contribution in [1.82, 2.24) is 0 Å². The predicted octanol–water partition coefficient (Wildman–Crippen LogP) is 5.93. The van der Waals surface area contributed by atoms with Crippen LogP contribution in [0.1, 0.15) is 5.56 Å². The molecule has 0 saturated carbocycles. The lowest BCUT2D eigenvalue weighted by Gasteiger charge is -2.00. The van der Waals surface area contributed by atoms with Crippen LogP contribution >= 0.6 is 12.4 Å². The molecule has 0 heterocycles. The third kappa shape index (κ3) is 5.45. The number of nitrogen functional groups attached to an aromatic ring is 1. The van der Waals surface area contributed by atoms with E-state index in [1.807, 2.05) is 30.3 Å². The van der Waals surface area contributed by atoms with Gasteiger partial charge in [-0.15, -0.1) is 17.5 Å². The molecule has 0 spiro atoms. The maximum atomic E-state index is 9.94. The summed E-state index contributed by atoms with van der Waals surface area (Å²) in [5, 5.41) is 33.7. The van der Waals surface area contributed by atoms with E-state index in [1.54, 1.807) is 36.4 Å². The summed E-state index contributed by atoms with van der Waals surface area (Å²) >= 11 is 0. The van der Waals surface area contributed by atoms with Gasteiger partial charge in [0, 0.05) is 5.56 Å². The van der Waals surface area contributed by atoms with E-state index in [0.29, 0.717) is 16.9 Å². The Morgan fingerprint density at radius 1 is 0.741 bits per heavy atom. The molecule has 4 N–H and O–H groups in total. The number of azo groups is 2. The average molecular weight is 381 g/mol. The smallest absolute Gasteiger partial charge is 0.143 e. The number of hydrogen-bond acceptors (Lipinski definition) is 6. The van der Waals surface area contributed by atoms with Crippen molar-refractivity contribution in [2.24, 2.45) is 26.2 Å². The van der Waals surface area contributed by atoms with Crippen molar-refractivity contribution in [3.05, 3.63) is 78.4 Å². The fraction of sp³-hybridized carbons (Fsp3) is 0. The van der Waals surface area contributed by atoms with Crippen molar-refractivity contribution in [3.8, 4) is 5.75 Å². The molecule has 0 fully saturated rings. The minimum atomic E-state index is -0.0115. The number of aromatic hydroxyl groups is 1. The Hall–Kier alpha value is -3.58. The van der Waals surface area contributed by atoms with Crippen LogP contribution in [0.2, 0.25) is 0 Å². The van der Waals surface area contributed by atoms with Crippen LogP contribution in [0.5, 0.6) is 5.75 Å². The zero-order valence-corrected chi connectivity index (χ0v) is 15.0. The van der Waals surface area contributed by atoms with E-state index < -0.39 is 0 Å². The van der Waals surface area contributed by atoms with E-state index in [4.69, 9.17) is 11.1 Å². The molecule has 3 aromatic carbocycles. The second kappa shape index (κ2) is 9.21. The molecule has 0 radical (unpaired) electrons. The van der Waals surface area contributed by atoms with Crippen LogP contribution in [0.4, 0.5) is 22.7 Å². The lowest BCUT2D eigenvalue weighted by molar-refractivity contribution is 0.476. The molecule has 0 bridgehead atoms. The first kappa shape index (κ1) is 19.7. The van der Waals surface area contributed by atoms with E-state index in [1.165, 1.54) is 6.07 Å². The second-order valence-electron chi connectivity index (χ2n) is 5.37. The highest BCUT2D eigenvalue weighted by Gasteiger charge is 2.02. The standard InChI is InChI=1S/C19H16N6O.ClH/c20-19(21)13-6-8-15(9-7-13)23-25-17-12-16(10-11-18(17)26)24-22-14-4-2-1-3-5-14;/h1-12,26H,(H3,20,21);1H. The largest absolute Gasteiger partial charge is 0.506 e. The Kier molecular flexibility index (Phi) is 6.73. The Labute approximate surface area is 162 Å². The van der Waals surface area contributed by atoms with E-state index in [0.717, 1.165) is 5.69 Å². The fourth-order valence-corrected chi connectivity index (χ4v) is 2.08. The van der Waals surface area contributed by atoms with Gasteiger partial charge in [-0.3, -0.25) is 5.41 Å². The van der Waals surface area contributed by atoms with Crippen LogP contribution in [0.3, 0.4) is 0 Å². The van der Waals surface area contributed by atoms with Gasteiger partial charge in [0.25, 0.3) is 0 Å². The van der Waals surface area contributed by atoms with E-state index in [2.05, 4.69) is 20.5 Å². The third-order valence-electron chi connectivity index (χ3n) is 3.45. The number of halogens is 1. The van der Waals surface area contributed by atoms with Crippen molar-refractivity contribution in [2.75, 3.05) is 0 Å². The van der Waals surface area contributed by atoms with Crippen LogP contribution in [-0.4, -0.2) is 10.9 Å². The average Bonchev–Trinajstić information content (AvgIpc) is 2.67. The number of phenolic OH excluding ortho intramolecular Hbond substituents is 1. The molecular formula is C19H17ClN6O. The molecule has 0 aliphatic carbocycles. The first-order chi connectivity index (χ1) is 12.6. The van der Waals surface area contributed by atoms with Gasteiger partial charge in [0.05, 0.1) is 17.1 Å². The monoisotopic (exact) mass is 380 g/mol. The lowest BCUT2D eigenvalue weighted by Crippen LogP contribution is -2.10. The number of amidine groups is 1. The molecule has 27 heavy (non-hydrogen) atoms. The molecule has 3 rings (SSSR count). The number of nitrogens with two attached hydrogens (primary N) is 1. The van der Waals surface area contributed by atoms with Gasteiger partial charge >= 0.3 is 0 Å². The highest BCUT2D eigenvalue weighted by molar-refractivity contribution is 5.95. The van der Waals surface area contributed by atoms with Crippen LogP contribution in [0.15, 0.2) is 93.3 Å². The molecule has 3 aromatic rings. The summed E-state index contributed by atoms with van der Waals surface area (Å²) in [5.74, 6) is -0.0182. The number of nitrogens with zero attached hydrogens (tertiary/aromatic N) is 4. The topological polar surface area (TPSA) is 120 Å². The minimum absolute atomic E-state index is 0. The predicted molar refractivity (Wildman–Crippen MR) is 108 cm³/mol. The SMILES string of the molecule is Cl.N=C(N)c1ccc(N=Nc2cc(N=Nc3ccccc3)ccc2O)cc1. The number of rotatable bonds is 5. The Morgan fingerprint density at radius 3 is 1.96 bits per heavy atom. The first-order valence-corrected chi connectivity index (χ1v) is 7.78. The lowest BCUT2D eigenvalue weighted by atomic mass is 10.2. The quantitative estimate of drug-likeness (QED) is 0.289. The number of phenols is 1. The van der Waals surface area contributed by atoms with E-state index >= 15 is 0 Å². The molecule has 0 saturated heterocycles. The first-order valence-electron chi connectivity index (χ1n) is 7.78. The molecule has 0 amide bonds. The van der Waals surface area contributed by atoms with Gasteiger partial charge in [-0.25, -0.2) is 0 Å². The van der Waals surface area contributed by atoms with Gasteiger partial charge in [0.15, 0.2) is 0 Å². The zero-order chi connectivity index (χ0) is 18.4. The summed E-state index contributed by atoms with van der Waals surface area (Å²) in [4.78, 5) is 0. The highest BCUT2D eigenvalue weighted by atomic mass is 35.5. The van der Waals surface area contributed by atoms with E-state index in [-0.39, 0.29) is 29.7 Å². The van der Waals surface area contributed by atoms with Crippen molar-refractivity contribution in [3.63, 3.8) is 0 Å². The molecule has 7 nitrogen and oxygen atoms in total. The fourth-order valence-electron chi connectivity index (χ4n) is 2.08. The maximum absolute atomic E-state index is 9.94.